The Morgan fingerprint density at radius 3 is 2.73 bits per heavy atom. The highest BCUT2D eigenvalue weighted by atomic mass is 15.1. The monoisotopic (exact) mass is 292 g/mol. The number of nitriles is 1. The van der Waals surface area contributed by atoms with Gasteiger partial charge in [0.25, 0.3) is 0 Å². The van der Waals surface area contributed by atoms with Crippen LogP contribution in [-0.4, -0.2) is 13.1 Å². The van der Waals surface area contributed by atoms with Gasteiger partial charge in [0.15, 0.2) is 0 Å². The van der Waals surface area contributed by atoms with E-state index in [0.29, 0.717) is 11.8 Å². The second kappa shape index (κ2) is 6.40. The minimum Gasteiger partial charge on any atom is -0.358 e. The molecule has 0 bridgehead atoms. The number of rotatable bonds is 4. The summed E-state index contributed by atoms with van der Waals surface area (Å²) in [5.74, 6) is 0.843. The Balaban J connectivity index is 1.92. The van der Waals surface area contributed by atoms with Crippen molar-refractivity contribution in [1.29, 1.82) is 5.26 Å². The molecule has 2 aliphatic carbocycles. The number of nitrogens with zero attached hydrogens (tertiary/aromatic N) is 2. The van der Waals surface area contributed by atoms with Gasteiger partial charge in [-0.15, -0.1) is 0 Å². The summed E-state index contributed by atoms with van der Waals surface area (Å²) >= 11 is 0. The standard InChI is InChI=1S/C20H24N2/c1-3-8-16-13-15-9-7-12-18(15)20(16)19(14-21)22(2)17-10-5-4-6-11-17/h3-6,8,10-11,16,19-20H,7,9,12-13H2,1-2H3/b8-3+/t16-,19+,20+/m0/s1. The zero-order valence-electron chi connectivity index (χ0n) is 13.5. The first-order valence-corrected chi connectivity index (χ1v) is 8.27. The van der Waals surface area contributed by atoms with Gasteiger partial charge in [0.05, 0.1) is 6.07 Å². The van der Waals surface area contributed by atoms with E-state index in [1.54, 1.807) is 11.1 Å². The highest BCUT2D eigenvalue weighted by molar-refractivity contribution is 5.49. The Hall–Kier alpha value is -2.01. The molecule has 3 rings (SSSR count). The second-order valence-corrected chi connectivity index (χ2v) is 6.42. The first-order chi connectivity index (χ1) is 10.8. The third-order valence-electron chi connectivity index (χ3n) is 5.22. The van der Waals surface area contributed by atoms with Crippen molar-refractivity contribution in [2.75, 3.05) is 11.9 Å². The quantitative estimate of drug-likeness (QED) is 0.752. The average molecular weight is 292 g/mol. The summed E-state index contributed by atoms with van der Waals surface area (Å²) in [6.45, 7) is 2.09. The van der Waals surface area contributed by atoms with Crippen LogP contribution in [0.4, 0.5) is 5.69 Å². The lowest BCUT2D eigenvalue weighted by atomic mass is 9.82. The maximum atomic E-state index is 9.89. The molecule has 1 aromatic carbocycles. The summed E-state index contributed by atoms with van der Waals surface area (Å²) < 4.78 is 0. The predicted molar refractivity (Wildman–Crippen MR) is 91.5 cm³/mol. The number of hydrogen-bond acceptors (Lipinski definition) is 2. The fourth-order valence-electron chi connectivity index (χ4n) is 4.23. The summed E-state index contributed by atoms with van der Waals surface area (Å²) in [6, 6.07) is 12.8. The van der Waals surface area contributed by atoms with E-state index in [2.05, 4.69) is 49.2 Å². The van der Waals surface area contributed by atoms with Gasteiger partial charge in [0.1, 0.15) is 6.04 Å². The highest BCUT2D eigenvalue weighted by Gasteiger charge is 2.41. The molecule has 3 atom stereocenters. The van der Waals surface area contributed by atoms with Crippen LogP contribution in [0.1, 0.15) is 32.6 Å². The fraction of sp³-hybridized carbons (Fsp3) is 0.450. The minimum atomic E-state index is -0.0887. The van der Waals surface area contributed by atoms with Gasteiger partial charge in [-0.2, -0.15) is 5.26 Å². The fourth-order valence-corrected chi connectivity index (χ4v) is 4.23. The summed E-state index contributed by atoms with van der Waals surface area (Å²) in [6.07, 6.45) is 9.33. The topological polar surface area (TPSA) is 27.0 Å². The van der Waals surface area contributed by atoms with Crippen molar-refractivity contribution in [2.24, 2.45) is 11.8 Å². The van der Waals surface area contributed by atoms with Gasteiger partial charge < -0.3 is 4.90 Å². The predicted octanol–water partition coefficient (Wildman–Crippen LogP) is 4.71. The van der Waals surface area contributed by atoms with Gasteiger partial charge in [0, 0.05) is 18.7 Å². The van der Waals surface area contributed by atoms with Crippen molar-refractivity contribution in [3.8, 4) is 6.07 Å². The van der Waals surface area contributed by atoms with Crippen LogP contribution >= 0.6 is 0 Å². The largest absolute Gasteiger partial charge is 0.358 e. The summed E-state index contributed by atoms with van der Waals surface area (Å²) in [4.78, 5) is 2.16. The minimum absolute atomic E-state index is 0.0887. The molecule has 0 N–H and O–H groups in total. The SMILES string of the molecule is C/C=C/[C@H]1CC2=C(CCC2)[C@@H]1[C@@H](C#N)N(C)c1ccccc1. The third kappa shape index (κ3) is 2.57. The zero-order chi connectivity index (χ0) is 15.5. The molecule has 2 nitrogen and oxygen atoms in total. The Morgan fingerprint density at radius 2 is 2.05 bits per heavy atom. The van der Waals surface area contributed by atoms with Crippen LogP contribution in [0.5, 0.6) is 0 Å². The molecule has 1 aromatic rings. The van der Waals surface area contributed by atoms with E-state index in [4.69, 9.17) is 0 Å². The summed E-state index contributed by atoms with van der Waals surface area (Å²) in [5, 5.41) is 9.89. The molecule has 0 unspecified atom stereocenters. The van der Waals surface area contributed by atoms with Crippen molar-refractivity contribution in [3.63, 3.8) is 0 Å². The normalized spacial score (nSPS) is 25.3. The molecule has 0 aromatic heterocycles. The first-order valence-electron chi connectivity index (χ1n) is 8.27. The Kier molecular flexibility index (Phi) is 4.34. The molecule has 0 radical (unpaired) electrons. The van der Waals surface area contributed by atoms with Crippen LogP contribution in [0.15, 0.2) is 53.6 Å². The average Bonchev–Trinajstić information content (AvgIpc) is 3.12. The van der Waals surface area contributed by atoms with Crippen LogP contribution in [0, 0.1) is 23.2 Å². The van der Waals surface area contributed by atoms with E-state index in [1.165, 1.54) is 19.3 Å². The van der Waals surface area contributed by atoms with E-state index in [0.717, 1.165) is 12.1 Å². The third-order valence-corrected chi connectivity index (χ3v) is 5.22. The van der Waals surface area contributed by atoms with E-state index >= 15 is 0 Å². The van der Waals surface area contributed by atoms with Crippen molar-refractivity contribution in [1.82, 2.24) is 0 Å². The maximum Gasteiger partial charge on any atom is 0.123 e. The molecule has 0 saturated heterocycles. The number of hydrogen-bond donors (Lipinski definition) is 0. The molecule has 22 heavy (non-hydrogen) atoms. The smallest absolute Gasteiger partial charge is 0.123 e. The van der Waals surface area contributed by atoms with E-state index < -0.39 is 0 Å². The molecule has 0 aliphatic heterocycles. The molecule has 114 valence electrons. The molecule has 2 heteroatoms. The molecule has 0 fully saturated rings. The van der Waals surface area contributed by atoms with Crippen LogP contribution in [0.25, 0.3) is 0 Å². The maximum absolute atomic E-state index is 9.89. The molecular weight excluding hydrogens is 268 g/mol. The number of benzene rings is 1. The lowest BCUT2D eigenvalue weighted by Gasteiger charge is -2.33. The molecule has 0 spiro atoms. The van der Waals surface area contributed by atoms with Gasteiger partial charge >= 0.3 is 0 Å². The van der Waals surface area contributed by atoms with E-state index in [9.17, 15) is 5.26 Å². The number of anilines is 1. The van der Waals surface area contributed by atoms with Crippen molar-refractivity contribution in [2.45, 2.75) is 38.6 Å². The Bertz CT molecular complexity index is 621. The molecular formula is C20H24N2. The van der Waals surface area contributed by atoms with Crippen molar-refractivity contribution >= 4 is 5.69 Å². The summed E-state index contributed by atoms with van der Waals surface area (Å²) in [5.41, 5.74) is 4.34. The van der Waals surface area contributed by atoms with E-state index in [-0.39, 0.29) is 6.04 Å². The van der Waals surface area contributed by atoms with Crippen molar-refractivity contribution < 1.29 is 0 Å². The summed E-state index contributed by atoms with van der Waals surface area (Å²) in [7, 11) is 2.06. The number of para-hydroxylation sites is 1. The zero-order valence-corrected chi connectivity index (χ0v) is 13.5. The van der Waals surface area contributed by atoms with Crippen LogP contribution in [0.2, 0.25) is 0 Å². The van der Waals surface area contributed by atoms with Gasteiger partial charge in [-0.1, -0.05) is 41.5 Å². The Morgan fingerprint density at radius 1 is 1.27 bits per heavy atom. The lowest BCUT2D eigenvalue weighted by Crippen LogP contribution is -2.39. The Labute approximate surface area is 133 Å². The van der Waals surface area contributed by atoms with Gasteiger partial charge in [-0.05, 0) is 50.7 Å². The molecule has 0 heterocycles. The van der Waals surface area contributed by atoms with Crippen LogP contribution in [-0.2, 0) is 0 Å². The number of allylic oxidation sites excluding steroid dienone is 3. The lowest BCUT2D eigenvalue weighted by molar-refractivity contribution is 0.426. The van der Waals surface area contributed by atoms with Gasteiger partial charge in [-0.3, -0.25) is 0 Å². The molecule has 0 saturated carbocycles. The van der Waals surface area contributed by atoms with E-state index in [1.807, 2.05) is 18.2 Å². The molecule has 2 aliphatic rings. The van der Waals surface area contributed by atoms with Crippen LogP contribution < -0.4 is 4.90 Å². The van der Waals surface area contributed by atoms with Gasteiger partial charge in [-0.25, -0.2) is 0 Å². The highest BCUT2D eigenvalue weighted by Crippen LogP contribution is 2.48. The van der Waals surface area contributed by atoms with Crippen molar-refractivity contribution in [3.05, 3.63) is 53.6 Å². The van der Waals surface area contributed by atoms with Gasteiger partial charge in [0.2, 0.25) is 0 Å². The van der Waals surface area contributed by atoms with Crippen LogP contribution in [0.3, 0.4) is 0 Å². The second-order valence-electron chi connectivity index (χ2n) is 6.42. The first kappa shape index (κ1) is 14.9. The molecule has 0 amide bonds.